The van der Waals surface area contributed by atoms with Gasteiger partial charge in [0.15, 0.2) is 0 Å². The molecule has 1 heterocycles. The van der Waals surface area contributed by atoms with Gasteiger partial charge in [0.05, 0.1) is 18.2 Å². The maximum atomic E-state index is 14.9. The molecule has 6 heteroatoms. The van der Waals surface area contributed by atoms with Crippen molar-refractivity contribution < 1.29 is 13.9 Å². The van der Waals surface area contributed by atoms with Crippen LogP contribution in [0.1, 0.15) is 33.6 Å². The van der Waals surface area contributed by atoms with Gasteiger partial charge in [0.25, 0.3) is 0 Å². The van der Waals surface area contributed by atoms with Crippen molar-refractivity contribution in [3.63, 3.8) is 0 Å². The number of allylic oxidation sites excluding steroid dienone is 2. The Labute approximate surface area is 179 Å². The zero-order valence-electron chi connectivity index (χ0n) is 18.5. The minimum Gasteiger partial charge on any atom is -0.494 e. The Hall–Kier alpha value is -2.34. The van der Waals surface area contributed by atoms with Crippen molar-refractivity contribution in [3.05, 3.63) is 48.0 Å². The van der Waals surface area contributed by atoms with Gasteiger partial charge in [-0.2, -0.15) is 0 Å². The van der Waals surface area contributed by atoms with Crippen molar-refractivity contribution in [1.82, 2.24) is 5.32 Å². The van der Waals surface area contributed by atoms with Gasteiger partial charge in [0.1, 0.15) is 11.6 Å². The minimum atomic E-state index is -0.286. The van der Waals surface area contributed by atoms with E-state index < -0.39 is 0 Å². The molecule has 1 fully saturated rings. The average molecular weight is 416 g/mol. The summed E-state index contributed by atoms with van der Waals surface area (Å²) < 4.78 is 20.6. The number of amides is 1. The first-order chi connectivity index (χ1) is 14.4. The van der Waals surface area contributed by atoms with E-state index in [1.807, 2.05) is 31.2 Å². The highest BCUT2D eigenvalue weighted by atomic mass is 19.1. The third kappa shape index (κ3) is 5.04. The summed E-state index contributed by atoms with van der Waals surface area (Å²) in [6.07, 6.45) is 7.70. The number of benzene rings is 1. The summed E-state index contributed by atoms with van der Waals surface area (Å²) in [4.78, 5) is 16.7. The van der Waals surface area contributed by atoms with Gasteiger partial charge in [-0.15, -0.1) is 0 Å². The van der Waals surface area contributed by atoms with Crippen LogP contribution in [0.15, 0.2) is 42.2 Å². The van der Waals surface area contributed by atoms with Crippen molar-refractivity contribution in [2.24, 2.45) is 11.8 Å². The zero-order chi connectivity index (χ0) is 21.7. The van der Waals surface area contributed by atoms with Crippen LogP contribution in [0.4, 0.5) is 15.8 Å². The average Bonchev–Trinajstić information content (AvgIpc) is 3.19. The Morgan fingerprint density at radius 3 is 2.83 bits per heavy atom. The van der Waals surface area contributed by atoms with E-state index in [1.165, 1.54) is 6.07 Å². The molecule has 3 unspecified atom stereocenters. The van der Waals surface area contributed by atoms with E-state index in [2.05, 4.69) is 24.1 Å². The van der Waals surface area contributed by atoms with Crippen molar-refractivity contribution in [3.8, 4) is 0 Å². The lowest BCUT2D eigenvalue weighted by Gasteiger charge is -2.28. The van der Waals surface area contributed by atoms with Gasteiger partial charge < -0.3 is 19.9 Å². The second kappa shape index (κ2) is 10.1. The van der Waals surface area contributed by atoms with E-state index in [0.29, 0.717) is 24.0 Å². The first-order valence-electron chi connectivity index (χ1n) is 11.0. The lowest BCUT2D eigenvalue weighted by atomic mass is 9.88. The molecule has 2 aliphatic rings. The number of ether oxygens (including phenoxy) is 1. The van der Waals surface area contributed by atoms with Crippen LogP contribution in [-0.2, 0) is 9.53 Å². The summed E-state index contributed by atoms with van der Waals surface area (Å²) in [7, 11) is 1.71. The fourth-order valence-electron chi connectivity index (χ4n) is 4.16. The second-order valence-electron chi connectivity index (χ2n) is 8.18. The number of rotatable bonds is 8. The highest BCUT2D eigenvalue weighted by Gasteiger charge is 2.29. The molecular formula is C24H34FN3O2. The van der Waals surface area contributed by atoms with Crippen molar-refractivity contribution >= 4 is 17.3 Å². The Morgan fingerprint density at radius 2 is 2.17 bits per heavy atom. The number of hydrogen-bond acceptors (Lipinski definition) is 4. The van der Waals surface area contributed by atoms with E-state index in [4.69, 9.17) is 4.74 Å². The lowest BCUT2D eigenvalue weighted by molar-refractivity contribution is -0.121. The molecule has 0 saturated carbocycles. The third-order valence-corrected chi connectivity index (χ3v) is 5.89. The van der Waals surface area contributed by atoms with Gasteiger partial charge >= 0.3 is 0 Å². The van der Waals surface area contributed by atoms with Crippen molar-refractivity contribution in [1.29, 1.82) is 0 Å². The van der Waals surface area contributed by atoms with Crippen LogP contribution in [0.3, 0.4) is 0 Å². The molecule has 164 valence electrons. The van der Waals surface area contributed by atoms with Crippen molar-refractivity contribution in [2.75, 3.05) is 43.1 Å². The molecule has 0 spiro atoms. The Kier molecular flexibility index (Phi) is 7.53. The Balaban J connectivity index is 1.66. The molecule has 30 heavy (non-hydrogen) atoms. The SMILES string of the molecule is CCCOC1=CC(C)C(C(=O)N(C)c2ccc(N3CCC(NCC)C3)c(F)c2)C=C1. The summed E-state index contributed by atoms with van der Waals surface area (Å²) in [6.45, 7) is 9.38. The molecule has 0 aromatic heterocycles. The highest BCUT2D eigenvalue weighted by molar-refractivity contribution is 5.96. The molecule has 1 N–H and O–H groups in total. The number of carbonyl (C=O) groups excluding carboxylic acids is 1. The van der Waals surface area contributed by atoms with Crippen LogP contribution in [0.25, 0.3) is 0 Å². The fraction of sp³-hybridized carbons (Fsp3) is 0.542. The number of anilines is 2. The number of halogens is 1. The Bertz CT molecular complexity index is 808. The van der Waals surface area contributed by atoms with Crippen LogP contribution >= 0.6 is 0 Å². The van der Waals surface area contributed by atoms with Gasteiger partial charge in [0, 0.05) is 31.9 Å². The van der Waals surface area contributed by atoms with Crippen LogP contribution in [0, 0.1) is 17.7 Å². The molecule has 3 rings (SSSR count). The van der Waals surface area contributed by atoms with Gasteiger partial charge in [0.2, 0.25) is 5.91 Å². The van der Waals surface area contributed by atoms with Crippen LogP contribution < -0.4 is 15.1 Å². The smallest absolute Gasteiger partial charge is 0.234 e. The first kappa shape index (κ1) is 22.3. The predicted molar refractivity (Wildman–Crippen MR) is 120 cm³/mol. The lowest BCUT2D eigenvalue weighted by Crippen LogP contribution is -2.35. The van der Waals surface area contributed by atoms with Gasteiger partial charge in [-0.25, -0.2) is 4.39 Å². The summed E-state index contributed by atoms with van der Waals surface area (Å²) >= 11 is 0. The molecule has 1 aromatic carbocycles. The molecular weight excluding hydrogens is 381 g/mol. The summed E-state index contributed by atoms with van der Waals surface area (Å²) in [5.74, 6) is 0.212. The topological polar surface area (TPSA) is 44.8 Å². The van der Waals surface area contributed by atoms with E-state index in [9.17, 15) is 9.18 Å². The highest BCUT2D eigenvalue weighted by Crippen LogP contribution is 2.30. The number of hydrogen-bond donors (Lipinski definition) is 1. The summed E-state index contributed by atoms with van der Waals surface area (Å²) in [6, 6.07) is 5.49. The molecule has 1 aromatic rings. The quantitative estimate of drug-likeness (QED) is 0.694. The molecule has 0 bridgehead atoms. The van der Waals surface area contributed by atoms with E-state index in [1.54, 1.807) is 18.0 Å². The van der Waals surface area contributed by atoms with Crippen LogP contribution in [0.2, 0.25) is 0 Å². The molecule has 3 atom stereocenters. The number of likely N-dealkylation sites (N-methyl/N-ethyl adjacent to an activating group) is 1. The molecule has 5 nitrogen and oxygen atoms in total. The van der Waals surface area contributed by atoms with E-state index in [0.717, 1.165) is 38.2 Å². The third-order valence-electron chi connectivity index (χ3n) is 5.89. The second-order valence-corrected chi connectivity index (χ2v) is 8.18. The van der Waals surface area contributed by atoms with Crippen molar-refractivity contribution in [2.45, 2.75) is 39.7 Å². The number of nitrogens with one attached hydrogen (secondary N) is 1. The predicted octanol–water partition coefficient (Wildman–Crippen LogP) is 4.11. The number of carbonyl (C=O) groups is 1. The monoisotopic (exact) mass is 415 g/mol. The Morgan fingerprint density at radius 1 is 1.37 bits per heavy atom. The maximum Gasteiger partial charge on any atom is 0.234 e. The molecule has 1 amide bonds. The zero-order valence-corrected chi connectivity index (χ0v) is 18.5. The molecule has 1 saturated heterocycles. The number of nitrogens with zero attached hydrogens (tertiary/aromatic N) is 2. The van der Waals surface area contributed by atoms with Crippen LogP contribution in [0.5, 0.6) is 0 Å². The van der Waals surface area contributed by atoms with Gasteiger partial charge in [-0.1, -0.05) is 26.8 Å². The van der Waals surface area contributed by atoms with Gasteiger partial charge in [-0.05, 0) is 55.7 Å². The van der Waals surface area contributed by atoms with E-state index in [-0.39, 0.29) is 23.6 Å². The van der Waals surface area contributed by atoms with Crippen LogP contribution in [-0.4, -0.2) is 45.2 Å². The first-order valence-corrected chi connectivity index (χ1v) is 11.0. The molecule has 0 radical (unpaired) electrons. The summed E-state index contributed by atoms with van der Waals surface area (Å²) in [5, 5.41) is 3.43. The standard InChI is InChI=1S/C24H34FN3O2/c1-5-13-30-20-8-9-21(17(3)14-20)24(29)27(4)19-7-10-23(22(25)15-19)28-12-11-18(16-28)26-6-2/h7-10,14-15,17-18,21,26H,5-6,11-13,16H2,1-4H3. The largest absolute Gasteiger partial charge is 0.494 e. The normalized spacial score (nSPS) is 23.4. The minimum absolute atomic E-state index is 0.0218. The molecule has 1 aliphatic carbocycles. The fourth-order valence-corrected chi connectivity index (χ4v) is 4.16. The van der Waals surface area contributed by atoms with Gasteiger partial charge in [-0.3, -0.25) is 4.79 Å². The maximum absolute atomic E-state index is 14.9. The summed E-state index contributed by atoms with van der Waals surface area (Å²) in [5.41, 5.74) is 1.17. The van der Waals surface area contributed by atoms with E-state index >= 15 is 0 Å². The molecule has 1 aliphatic heterocycles.